The zero-order valence-corrected chi connectivity index (χ0v) is 10.9. The van der Waals surface area contributed by atoms with Crippen LogP contribution in [0, 0.1) is 5.41 Å². The third kappa shape index (κ3) is 2.41. The van der Waals surface area contributed by atoms with Gasteiger partial charge in [0, 0.05) is 25.0 Å². The summed E-state index contributed by atoms with van der Waals surface area (Å²) in [6.07, 6.45) is 4.09. The average Bonchev–Trinajstić information content (AvgIpc) is 2.24. The first kappa shape index (κ1) is 12.3. The van der Waals surface area contributed by atoms with Gasteiger partial charge in [0.05, 0.1) is 5.75 Å². The van der Waals surface area contributed by atoms with Crippen molar-refractivity contribution in [2.24, 2.45) is 5.41 Å². The second kappa shape index (κ2) is 4.63. The fraction of sp³-hybridized carbons (Fsp3) is 1.00. The fourth-order valence-corrected chi connectivity index (χ4v) is 4.51. The molecular formula is C11H22N2O2S. The summed E-state index contributed by atoms with van der Waals surface area (Å²) in [5.41, 5.74) is 0.261. The molecule has 2 saturated heterocycles. The maximum absolute atomic E-state index is 11.9. The molecule has 0 aliphatic carbocycles. The molecule has 2 fully saturated rings. The molecule has 0 radical (unpaired) electrons. The van der Waals surface area contributed by atoms with Crippen LogP contribution in [-0.2, 0) is 10.0 Å². The van der Waals surface area contributed by atoms with Crippen LogP contribution in [0.2, 0.25) is 0 Å². The molecule has 2 aliphatic heterocycles. The van der Waals surface area contributed by atoms with E-state index in [1.807, 2.05) is 6.92 Å². The highest BCUT2D eigenvalue weighted by Crippen LogP contribution is 2.38. The summed E-state index contributed by atoms with van der Waals surface area (Å²) in [6, 6.07) is 0. The quantitative estimate of drug-likeness (QED) is 0.798. The van der Waals surface area contributed by atoms with Crippen molar-refractivity contribution in [3.8, 4) is 0 Å². The van der Waals surface area contributed by atoms with Crippen molar-refractivity contribution >= 4 is 10.0 Å². The largest absolute Gasteiger partial charge is 0.316 e. The normalized spacial score (nSPS) is 25.6. The summed E-state index contributed by atoms with van der Waals surface area (Å²) in [7, 11) is -2.96. The molecule has 0 aromatic carbocycles. The number of piperidine rings is 1. The zero-order chi connectivity index (χ0) is 11.6. The Bertz CT molecular complexity index is 326. The number of sulfonamides is 1. The number of nitrogens with one attached hydrogen (secondary N) is 1. The van der Waals surface area contributed by atoms with Gasteiger partial charge in [0.2, 0.25) is 10.0 Å². The molecule has 94 valence electrons. The second-order valence-electron chi connectivity index (χ2n) is 5.22. The van der Waals surface area contributed by atoms with Crippen molar-refractivity contribution in [2.75, 3.05) is 31.9 Å². The van der Waals surface area contributed by atoms with Gasteiger partial charge in [-0.05, 0) is 25.8 Å². The maximum atomic E-state index is 11.9. The molecule has 0 saturated carbocycles. The van der Waals surface area contributed by atoms with Crippen molar-refractivity contribution in [1.29, 1.82) is 0 Å². The van der Waals surface area contributed by atoms with Crippen molar-refractivity contribution < 1.29 is 8.42 Å². The van der Waals surface area contributed by atoms with Gasteiger partial charge in [-0.3, -0.25) is 0 Å². The third-order valence-corrected chi connectivity index (χ3v) is 5.58. The van der Waals surface area contributed by atoms with Gasteiger partial charge in [0.25, 0.3) is 0 Å². The van der Waals surface area contributed by atoms with Crippen LogP contribution >= 0.6 is 0 Å². The smallest absolute Gasteiger partial charge is 0.214 e. The number of nitrogens with zero attached hydrogens (tertiary/aromatic N) is 1. The van der Waals surface area contributed by atoms with Crippen molar-refractivity contribution in [3.05, 3.63) is 0 Å². The van der Waals surface area contributed by atoms with E-state index >= 15 is 0 Å². The van der Waals surface area contributed by atoms with Gasteiger partial charge in [-0.15, -0.1) is 0 Å². The number of hydrogen-bond donors (Lipinski definition) is 1. The van der Waals surface area contributed by atoms with E-state index in [1.165, 1.54) is 12.8 Å². The van der Waals surface area contributed by atoms with Crippen molar-refractivity contribution in [1.82, 2.24) is 9.62 Å². The standard InChI is InChI=1S/C11H22N2O2S/c1-2-3-7-16(14,15)13-9-11(10-13)5-4-6-12-8-11/h12H,2-10H2,1H3. The van der Waals surface area contributed by atoms with Gasteiger partial charge >= 0.3 is 0 Å². The molecule has 1 spiro atoms. The van der Waals surface area contributed by atoms with E-state index < -0.39 is 10.0 Å². The Hall–Kier alpha value is -0.130. The highest BCUT2D eigenvalue weighted by Gasteiger charge is 2.47. The monoisotopic (exact) mass is 246 g/mol. The van der Waals surface area contributed by atoms with Gasteiger partial charge < -0.3 is 5.32 Å². The van der Waals surface area contributed by atoms with Crippen LogP contribution in [0.5, 0.6) is 0 Å². The Morgan fingerprint density at radius 1 is 1.38 bits per heavy atom. The topological polar surface area (TPSA) is 49.4 Å². The van der Waals surface area contributed by atoms with Crippen molar-refractivity contribution in [2.45, 2.75) is 32.6 Å². The third-order valence-electron chi connectivity index (χ3n) is 3.73. The first-order valence-corrected chi connectivity index (χ1v) is 7.87. The molecule has 0 bridgehead atoms. The predicted octanol–water partition coefficient (Wildman–Crippen LogP) is 0.802. The van der Waals surface area contributed by atoms with Gasteiger partial charge in [-0.25, -0.2) is 12.7 Å². The minimum absolute atomic E-state index is 0.261. The zero-order valence-electron chi connectivity index (χ0n) is 10.0. The lowest BCUT2D eigenvalue weighted by Gasteiger charge is -2.51. The first-order chi connectivity index (χ1) is 7.58. The van der Waals surface area contributed by atoms with Crippen LogP contribution in [0.4, 0.5) is 0 Å². The van der Waals surface area contributed by atoms with Crippen LogP contribution in [0.1, 0.15) is 32.6 Å². The van der Waals surface area contributed by atoms with E-state index in [1.54, 1.807) is 4.31 Å². The van der Waals surface area contributed by atoms with E-state index in [9.17, 15) is 8.42 Å². The van der Waals surface area contributed by atoms with E-state index in [0.717, 1.165) is 39.0 Å². The average molecular weight is 246 g/mol. The highest BCUT2D eigenvalue weighted by molar-refractivity contribution is 7.89. The Labute approximate surface area is 98.4 Å². The summed E-state index contributed by atoms with van der Waals surface area (Å²) >= 11 is 0. The summed E-state index contributed by atoms with van der Waals surface area (Å²) in [4.78, 5) is 0. The summed E-state index contributed by atoms with van der Waals surface area (Å²) in [6.45, 7) is 5.59. The molecule has 4 nitrogen and oxygen atoms in total. The number of unbranched alkanes of at least 4 members (excludes halogenated alkanes) is 1. The fourth-order valence-electron chi connectivity index (χ4n) is 2.65. The molecule has 0 aromatic heterocycles. The summed E-state index contributed by atoms with van der Waals surface area (Å²) in [5, 5.41) is 3.37. The van der Waals surface area contributed by atoms with Crippen LogP contribution in [0.25, 0.3) is 0 Å². The Kier molecular flexibility index (Phi) is 3.56. The van der Waals surface area contributed by atoms with Crippen LogP contribution in [0.3, 0.4) is 0 Å². The minimum atomic E-state index is -2.96. The molecule has 0 unspecified atom stereocenters. The lowest BCUT2D eigenvalue weighted by atomic mass is 9.75. The van der Waals surface area contributed by atoms with E-state index in [-0.39, 0.29) is 5.41 Å². The maximum Gasteiger partial charge on any atom is 0.214 e. The van der Waals surface area contributed by atoms with Gasteiger partial charge in [-0.2, -0.15) is 0 Å². The predicted molar refractivity (Wildman–Crippen MR) is 64.8 cm³/mol. The van der Waals surface area contributed by atoms with Crippen molar-refractivity contribution in [3.63, 3.8) is 0 Å². The molecule has 16 heavy (non-hydrogen) atoms. The minimum Gasteiger partial charge on any atom is -0.316 e. The lowest BCUT2D eigenvalue weighted by molar-refractivity contribution is 0.0435. The molecule has 2 aliphatic rings. The Morgan fingerprint density at radius 2 is 2.12 bits per heavy atom. The molecular weight excluding hydrogens is 224 g/mol. The highest BCUT2D eigenvalue weighted by atomic mass is 32.2. The molecule has 0 amide bonds. The first-order valence-electron chi connectivity index (χ1n) is 6.27. The van der Waals surface area contributed by atoms with Gasteiger partial charge in [0.1, 0.15) is 0 Å². The van der Waals surface area contributed by atoms with E-state index in [0.29, 0.717) is 5.75 Å². The molecule has 5 heteroatoms. The Balaban J connectivity index is 1.87. The SMILES string of the molecule is CCCCS(=O)(=O)N1CC2(CCCNC2)C1. The molecule has 2 heterocycles. The van der Waals surface area contributed by atoms with E-state index in [2.05, 4.69) is 5.32 Å². The van der Waals surface area contributed by atoms with Crippen LogP contribution < -0.4 is 5.32 Å². The summed E-state index contributed by atoms with van der Waals surface area (Å²) in [5.74, 6) is 0.326. The van der Waals surface area contributed by atoms with E-state index in [4.69, 9.17) is 0 Å². The summed E-state index contributed by atoms with van der Waals surface area (Å²) < 4.78 is 25.5. The Morgan fingerprint density at radius 3 is 2.69 bits per heavy atom. The number of rotatable bonds is 4. The second-order valence-corrected chi connectivity index (χ2v) is 7.31. The lowest BCUT2D eigenvalue weighted by Crippen LogP contribution is -2.63. The molecule has 1 N–H and O–H groups in total. The molecule has 0 atom stereocenters. The van der Waals surface area contributed by atoms with Crippen LogP contribution in [-0.4, -0.2) is 44.7 Å². The molecule has 2 rings (SSSR count). The number of hydrogen-bond acceptors (Lipinski definition) is 3. The molecule has 0 aromatic rings. The van der Waals surface area contributed by atoms with Crippen LogP contribution in [0.15, 0.2) is 0 Å². The van der Waals surface area contributed by atoms with Gasteiger partial charge in [-0.1, -0.05) is 13.3 Å². The van der Waals surface area contributed by atoms with Gasteiger partial charge in [0.15, 0.2) is 0 Å².